The summed E-state index contributed by atoms with van der Waals surface area (Å²) < 4.78 is 10.8. The van der Waals surface area contributed by atoms with Crippen LogP contribution < -0.4 is 9.47 Å². The highest BCUT2D eigenvalue weighted by atomic mass is 16.5. The highest BCUT2D eigenvalue weighted by molar-refractivity contribution is 5.98. The zero-order valence-corrected chi connectivity index (χ0v) is 15.3. The predicted octanol–water partition coefficient (Wildman–Crippen LogP) is 3.69. The van der Waals surface area contributed by atoms with Crippen molar-refractivity contribution in [3.05, 3.63) is 58.8 Å². The van der Waals surface area contributed by atoms with E-state index >= 15 is 0 Å². The summed E-state index contributed by atoms with van der Waals surface area (Å²) in [6.45, 7) is 3.32. The molecular weight excluding hydrogens is 328 g/mol. The normalized spacial score (nSPS) is 13.6. The van der Waals surface area contributed by atoms with Crippen molar-refractivity contribution in [1.29, 1.82) is 0 Å². The number of hydrogen-bond donors (Lipinski definition) is 1. The second-order valence-electron chi connectivity index (χ2n) is 6.73. The molecule has 0 unspecified atom stereocenters. The van der Waals surface area contributed by atoms with Gasteiger partial charge in [-0.05, 0) is 54.8 Å². The Hall–Kier alpha value is -2.95. The Labute approximate surface area is 152 Å². The number of fused-ring (bicyclic) bond motifs is 2. The third-order valence-electron chi connectivity index (χ3n) is 5.01. The first kappa shape index (κ1) is 16.5. The smallest absolute Gasteiger partial charge is 0.270 e. The third kappa shape index (κ3) is 2.79. The Morgan fingerprint density at radius 2 is 1.77 bits per heavy atom. The molecule has 0 bridgehead atoms. The van der Waals surface area contributed by atoms with Crippen LogP contribution in [0.15, 0.2) is 36.4 Å². The second-order valence-corrected chi connectivity index (χ2v) is 6.73. The number of methoxy groups -OCH3 is 2. The average Bonchev–Trinajstić information content (AvgIpc) is 3.08. The minimum atomic E-state index is 0.0271. The number of nitrogens with one attached hydrogen (secondary N) is 1. The number of benzene rings is 2. The van der Waals surface area contributed by atoms with E-state index in [2.05, 4.69) is 18.0 Å². The van der Waals surface area contributed by atoms with E-state index in [-0.39, 0.29) is 5.91 Å². The summed E-state index contributed by atoms with van der Waals surface area (Å²) >= 11 is 0. The van der Waals surface area contributed by atoms with Gasteiger partial charge in [0.2, 0.25) is 0 Å². The van der Waals surface area contributed by atoms with Crippen LogP contribution in [0.5, 0.6) is 11.5 Å². The lowest BCUT2D eigenvalue weighted by Crippen LogP contribution is -2.36. The zero-order chi connectivity index (χ0) is 18.3. The lowest BCUT2D eigenvalue weighted by Gasteiger charge is -2.29. The van der Waals surface area contributed by atoms with Gasteiger partial charge in [0.15, 0.2) is 11.5 Å². The molecule has 134 valence electrons. The Bertz CT molecular complexity index is 990. The van der Waals surface area contributed by atoms with Gasteiger partial charge in [0.1, 0.15) is 5.69 Å². The van der Waals surface area contributed by atoms with Gasteiger partial charge < -0.3 is 19.4 Å². The van der Waals surface area contributed by atoms with Crippen LogP contribution in [0.3, 0.4) is 0 Å². The molecule has 5 nitrogen and oxygen atoms in total. The monoisotopic (exact) mass is 350 g/mol. The Morgan fingerprint density at radius 1 is 1.04 bits per heavy atom. The number of carbonyl (C=O) groups excluding carboxylic acids is 1. The number of aromatic nitrogens is 1. The van der Waals surface area contributed by atoms with E-state index in [0.717, 1.165) is 28.6 Å². The molecule has 3 aromatic rings. The van der Waals surface area contributed by atoms with Crippen molar-refractivity contribution in [3.8, 4) is 11.5 Å². The molecule has 2 aromatic carbocycles. The van der Waals surface area contributed by atoms with Gasteiger partial charge >= 0.3 is 0 Å². The summed E-state index contributed by atoms with van der Waals surface area (Å²) in [4.78, 5) is 18.1. The fourth-order valence-corrected chi connectivity index (χ4v) is 3.59. The molecule has 1 aliphatic rings. The van der Waals surface area contributed by atoms with Crippen molar-refractivity contribution in [2.24, 2.45) is 0 Å². The first-order valence-corrected chi connectivity index (χ1v) is 8.71. The van der Waals surface area contributed by atoms with Crippen molar-refractivity contribution in [2.75, 3.05) is 20.8 Å². The topological polar surface area (TPSA) is 54.6 Å². The number of aryl methyl sites for hydroxylation is 1. The Balaban J connectivity index is 1.62. The highest BCUT2D eigenvalue weighted by Crippen LogP contribution is 2.33. The van der Waals surface area contributed by atoms with E-state index in [1.165, 1.54) is 11.1 Å². The fraction of sp³-hybridized carbons (Fsp3) is 0.286. The molecule has 0 fully saturated rings. The summed E-state index contributed by atoms with van der Waals surface area (Å²) in [5.74, 6) is 1.46. The first-order chi connectivity index (χ1) is 12.6. The van der Waals surface area contributed by atoms with Crippen LogP contribution in [0, 0.1) is 6.92 Å². The summed E-state index contributed by atoms with van der Waals surface area (Å²) in [7, 11) is 3.27. The minimum absolute atomic E-state index is 0.0271. The maximum absolute atomic E-state index is 13.0. The summed E-state index contributed by atoms with van der Waals surface area (Å²) in [5.41, 5.74) is 5.12. The molecule has 0 atom stereocenters. The number of nitrogens with zero attached hydrogens (tertiary/aromatic N) is 1. The summed E-state index contributed by atoms with van der Waals surface area (Å²) in [6, 6.07) is 12.1. The molecule has 1 N–H and O–H groups in total. The first-order valence-electron chi connectivity index (χ1n) is 8.71. The molecule has 4 rings (SSSR count). The van der Waals surface area contributed by atoms with Crippen LogP contribution in [0.1, 0.15) is 27.2 Å². The molecule has 0 radical (unpaired) electrons. The largest absolute Gasteiger partial charge is 0.493 e. The van der Waals surface area contributed by atoms with Crippen molar-refractivity contribution in [3.63, 3.8) is 0 Å². The Morgan fingerprint density at radius 3 is 2.50 bits per heavy atom. The van der Waals surface area contributed by atoms with Crippen LogP contribution in [-0.2, 0) is 13.0 Å². The van der Waals surface area contributed by atoms with Crippen LogP contribution in [0.2, 0.25) is 0 Å². The maximum Gasteiger partial charge on any atom is 0.270 e. The van der Waals surface area contributed by atoms with Gasteiger partial charge in [-0.15, -0.1) is 0 Å². The van der Waals surface area contributed by atoms with Crippen LogP contribution >= 0.6 is 0 Å². The number of carbonyl (C=O) groups is 1. The van der Waals surface area contributed by atoms with Gasteiger partial charge in [-0.3, -0.25) is 4.79 Å². The van der Waals surface area contributed by atoms with E-state index in [0.29, 0.717) is 24.5 Å². The van der Waals surface area contributed by atoms with E-state index in [1.807, 2.05) is 35.2 Å². The maximum atomic E-state index is 13.0. The Kier molecular flexibility index (Phi) is 4.07. The van der Waals surface area contributed by atoms with Crippen LogP contribution in [-0.4, -0.2) is 36.6 Å². The number of hydrogen-bond acceptors (Lipinski definition) is 3. The fourth-order valence-electron chi connectivity index (χ4n) is 3.59. The van der Waals surface area contributed by atoms with Gasteiger partial charge in [0, 0.05) is 24.0 Å². The number of rotatable bonds is 3. The van der Waals surface area contributed by atoms with E-state index in [4.69, 9.17) is 9.47 Å². The number of amides is 1. The van der Waals surface area contributed by atoms with Crippen molar-refractivity contribution >= 4 is 16.8 Å². The van der Waals surface area contributed by atoms with Gasteiger partial charge in [-0.1, -0.05) is 11.6 Å². The molecular formula is C21H22N2O3. The summed E-state index contributed by atoms with van der Waals surface area (Å²) in [6.07, 6.45) is 0.806. The molecule has 1 amide bonds. The molecule has 1 aliphatic heterocycles. The van der Waals surface area contributed by atoms with Crippen molar-refractivity contribution in [2.45, 2.75) is 19.9 Å². The van der Waals surface area contributed by atoms with E-state index in [9.17, 15) is 4.79 Å². The number of ether oxygens (including phenoxy) is 2. The molecule has 1 aromatic heterocycles. The zero-order valence-electron chi connectivity index (χ0n) is 15.3. The van der Waals surface area contributed by atoms with Crippen molar-refractivity contribution < 1.29 is 14.3 Å². The minimum Gasteiger partial charge on any atom is -0.493 e. The lowest BCUT2D eigenvalue weighted by molar-refractivity contribution is 0.0729. The van der Waals surface area contributed by atoms with Gasteiger partial charge in [-0.2, -0.15) is 0 Å². The molecule has 0 saturated heterocycles. The third-order valence-corrected chi connectivity index (χ3v) is 5.01. The SMILES string of the molecule is COc1cc2c(cc1OC)CN(C(=O)c1cc3cc(C)ccc3[nH]1)CC2. The molecule has 5 heteroatoms. The van der Waals surface area contributed by atoms with Crippen LogP contribution in [0.25, 0.3) is 10.9 Å². The quantitative estimate of drug-likeness (QED) is 0.784. The van der Waals surface area contributed by atoms with Crippen molar-refractivity contribution in [1.82, 2.24) is 9.88 Å². The molecule has 26 heavy (non-hydrogen) atoms. The lowest BCUT2D eigenvalue weighted by atomic mass is 9.98. The molecule has 0 spiro atoms. The van der Waals surface area contributed by atoms with Gasteiger partial charge in [0.25, 0.3) is 5.91 Å². The van der Waals surface area contributed by atoms with Gasteiger partial charge in [-0.25, -0.2) is 0 Å². The molecule has 0 aliphatic carbocycles. The van der Waals surface area contributed by atoms with Gasteiger partial charge in [0.05, 0.1) is 14.2 Å². The summed E-state index contributed by atoms with van der Waals surface area (Å²) in [5, 5.41) is 1.07. The number of H-pyrrole nitrogens is 1. The van der Waals surface area contributed by atoms with E-state index in [1.54, 1.807) is 14.2 Å². The number of aromatic amines is 1. The highest BCUT2D eigenvalue weighted by Gasteiger charge is 2.24. The molecule has 2 heterocycles. The average molecular weight is 350 g/mol. The molecule has 0 saturated carbocycles. The standard InChI is InChI=1S/C21H22N2O3/c1-13-4-5-17-15(8-13)9-18(22-17)21(24)23-7-6-14-10-19(25-2)20(26-3)11-16(14)12-23/h4-5,8-11,22H,6-7,12H2,1-3H3. The van der Waals surface area contributed by atoms with E-state index < -0.39 is 0 Å². The second kappa shape index (κ2) is 6.41. The van der Waals surface area contributed by atoms with Crippen LogP contribution in [0.4, 0.5) is 0 Å². The predicted molar refractivity (Wildman–Crippen MR) is 101 cm³/mol.